The van der Waals surface area contributed by atoms with Gasteiger partial charge < -0.3 is 5.73 Å². The van der Waals surface area contributed by atoms with Crippen molar-refractivity contribution in [3.05, 3.63) is 12.4 Å². The molecular formula is C8H14N4O2S. The average molecular weight is 230 g/mol. The monoisotopic (exact) mass is 230 g/mol. The fourth-order valence-electron chi connectivity index (χ4n) is 0.903. The molecule has 15 heavy (non-hydrogen) atoms. The lowest BCUT2D eigenvalue weighted by Gasteiger charge is -2.20. The van der Waals surface area contributed by atoms with Gasteiger partial charge in [0.25, 0.3) is 0 Å². The molecule has 0 saturated heterocycles. The van der Waals surface area contributed by atoms with Gasteiger partial charge in [0, 0.05) is 13.1 Å². The van der Waals surface area contributed by atoms with E-state index >= 15 is 0 Å². The molecule has 0 unspecified atom stereocenters. The van der Waals surface area contributed by atoms with Gasteiger partial charge in [0.05, 0.1) is 12.4 Å². The van der Waals surface area contributed by atoms with Crippen molar-refractivity contribution in [2.45, 2.75) is 24.8 Å². The topological polar surface area (TPSA) is 89.2 Å². The van der Waals surface area contributed by atoms with Crippen molar-refractivity contribution in [1.82, 2.24) is 14.3 Å². The van der Waals surface area contributed by atoms with E-state index in [2.05, 4.69) is 9.97 Å². The van der Waals surface area contributed by atoms with Crippen molar-refractivity contribution >= 4 is 16.0 Å². The minimum Gasteiger partial charge on any atom is -0.368 e. The van der Waals surface area contributed by atoms with Crippen LogP contribution in [0.4, 0.5) is 5.95 Å². The van der Waals surface area contributed by atoms with Crippen LogP contribution in [0, 0.1) is 0 Å². The average Bonchev–Trinajstić information content (AvgIpc) is 2.17. The SMILES string of the molecule is CC(C)N(C)S(=O)(=O)c1cnc(N)nc1. The molecule has 0 aliphatic carbocycles. The van der Waals surface area contributed by atoms with Gasteiger partial charge in [-0.3, -0.25) is 0 Å². The van der Waals surface area contributed by atoms with Crippen LogP contribution in [0.5, 0.6) is 0 Å². The molecule has 0 aliphatic heterocycles. The molecule has 0 amide bonds. The first-order valence-electron chi connectivity index (χ1n) is 4.41. The summed E-state index contributed by atoms with van der Waals surface area (Å²) in [6, 6.07) is -0.118. The number of rotatable bonds is 3. The second-order valence-electron chi connectivity index (χ2n) is 3.39. The first kappa shape index (κ1) is 11.9. The minimum atomic E-state index is -3.50. The molecule has 0 aliphatic rings. The molecule has 0 bridgehead atoms. The Morgan fingerprint density at radius 1 is 1.33 bits per heavy atom. The van der Waals surface area contributed by atoms with Gasteiger partial charge in [0.2, 0.25) is 16.0 Å². The minimum absolute atomic E-state index is 0.0490. The molecule has 0 spiro atoms. The van der Waals surface area contributed by atoms with Crippen LogP contribution in [0.25, 0.3) is 0 Å². The van der Waals surface area contributed by atoms with Gasteiger partial charge in [0.15, 0.2) is 0 Å². The maximum Gasteiger partial charge on any atom is 0.246 e. The Bertz CT molecular complexity index is 426. The van der Waals surface area contributed by atoms with Crippen LogP contribution in [0.2, 0.25) is 0 Å². The van der Waals surface area contributed by atoms with E-state index in [4.69, 9.17) is 5.73 Å². The molecule has 0 aromatic carbocycles. The molecule has 84 valence electrons. The predicted molar refractivity (Wildman–Crippen MR) is 56.5 cm³/mol. The van der Waals surface area contributed by atoms with Crippen molar-refractivity contribution in [1.29, 1.82) is 0 Å². The Morgan fingerprint density at radius 2 is 1.80 bits per heavy atom. The molecule has 1 heterocycles. The lowest BCUT2D eigenvalue weighted by atomic mass is 10.4. The summed E-state index contributed by atoms with van der Waals surface area (Å²) in [5, 5.41) is 0. The van der Waals surface area contributed by atoms with Crippen LogP contribution in [0.15, 0.2) is 17.3 Å². The molecule has 0 saturated carbocycles. The number of anilines is 1. The third-order valence-electron chi connectivity index (χ3n) is 2.05. The molecule has 0 fully saturated rings. The molecule has 6 nitrogen and oxygen atoms in total. The highest BCUT2D eigenvalue weighted by Crippen LogP contribution is 2.14. The van der Waals surface area contributed by atoms with Crippen LogP contribution in [-0.4, -0.2) is 35.8 Å². The summed E-state index contributed by atoms with van der Waals surface area (Å²) in [7, 11) is -1.99. The maximum absolute atomic E-state index is 11.9. The van der Waals surface area contributed by atoms with Gasteiger partial charge in [-0.25, -0.2) is 18.4 Å². The van der Waals surface area contributed by atoms with E-state index in [-0.39, 0.29) is 16.9 Å². The Morgan fingerprint density at radius 3 is 2.20 bits per heavy atom. The standard InChI is InChI=1S/C8H14N4O2S/c1-6(2)12(3)15(13,14)7-4-10-8(9)11-5-7/h4-6H,1-3H3,(H2,9,10,11). The van der Waals surface area contributed by atoms with Crippen LogP contribution >= 0.6 is 0 Å². The Hall–Kier alpha value is -1.21. The van der Waals surface area contributed by atoms with Crippen molar-refractivity contribution < 1.29 is 8.42 Å². The summed E-state index contributed by atoms with van der Waals surface area (Å²) < 4.78 is 25.0. The third-order valence-corrected chi connectivity index (χ3v) is 4.04. The third kappa shape index (κ3) is 2.42. The highest BCUT2D eigenvalue weighted by molar-refractivity contribution is 7.89. The van der Waals surface area contributed by atoms with Crippen LogP contribution in [0.1, 0.15) is 13.8 Å². The summed E-state index contributed by atoms with van der Waals surface area (Å²) in [4.78, 5) is 7.34. The zero-order chi connectivity index (χ0) is 11.6. The summed E-state index contributed by atoms with van der Waals surface area (Å²) >= 11 is 0. The number of nitrogens with two attached hydrogens (primary N) is 1. The second-order valence-corrected chi connectivity index (χ2v) is 5.39. The number of nitrogens with zero attached hydrogens (tertiary/aromatic N) is 3. The molecule has 0 radical (unpaired) electrons. The van der Waals surface area contributed by atoms with Crippen molar-refractivity contribution in [2.75, 3.05) is 12.8 Å². The molecule has 1 aromatic rings. The number of hydrogen-bond acceptors (Lipinski definition) is 5. The molecular weight excluding hydrogens is 216 g/mol. The number of nitrogen functional groups attached to an aromatic ring is 1. The quantitative estimate of drug-likeness (QED) is 0.794. The number of sulfonamides is 1. The molecule has 1 aromatic heterocycles. The normalized spacial score (nSPS) is 12.3. The maximum atomic E-state index is 11.9. The van der Waals surface area contributed by atoms with Crippen molar-refractivity contribution in [3.8, 4) is 0 Å². The van der Waals surface area contributed by atoms with E-state index in [9.17, 15) is 8.42 Å². The van der Waals surface area contributed by atoms with E-state index in [1.54, 1.807) is 13.8 Å². The van der Waals surface area contributed by atoms with E-state index < -0.39 is 10.0 Å². The van der Waals surface area contributed by atoms with Crippen molar-refractivity contribution in [3.63, 3.8) is 0 Å². The fourth-order valence-corrected chi connectivity index (χ4v) is 2.16. The number of aromatic nitrogens is 2. The van der Waals surface area contributed by atoms with Gasteiger partial charge in [-0.15, -0.1) is 0 Å². The Kier molecular flexibility index (Phi) is 3.25. The smallest absolute Gasteiger partial charge is 0.246 e. The highest BCUT2D eigenvalue weighted by atomic mass is 32.2. The van der Waals surface area contributed by atoms with Crippen LogP contribution < -0.4 is 5.73 Å². The zero-order valence-corrected chi connectivity index (χ0v) is 9.69. The van der Waals surface area contributed by atoms with E-state index in [1.807, 2.05) is 0 Å². The van der Waals surface area contributed by atoms with Gasteiger partial charge in [0.1, 0.15) is 4.90 Å². The largest absolute Gasteiger partial charge is 0.368 e. The van der Waals surface area contributed by atoms with E-state index in [0.717, 1.165) is 0 Å². The van der Waals surface area contributed by atoms with Crippen molar-refractivity contribution in [2.24, 2.45) is 0 Å². The number of hydrogen-bond donors (Lipinski definition) is 1. The van der Waals surface area contributed by atoms with Gasteiger partial charge in [-0.1, -0.05) is 0 Å². The fraction of sp³-hybridized carbons (Fsp3) is 0.500. The second kappa shape index (κ2) is 4.11. The Labute approximate surface area is 89.2 Å². The first-order chi connectivity index (χ1) is 6.85. The molecule has 2 N–H and O–H groups in total. The van der Waals surface area contributed by atoms with Crippen LogP contribution in [0.3, 0.4) is 0 Å². The lowest BCUT2D eigenvalue weighted by Crippen LogP contribution is -2.33. The van der Waals surface area contributed by atoms with E-state index in [1.165, 1.54) is 23.7 Å². The summed E-state index contributed by atoms with van der Waals surface area (Å²) in [5.74, 6) is 0.0566. The lowest BCUT2D eigenvalue weighted by molar-refractivity contribution is 0.410. The molecule has 0 atom stereocenters. The van der Waals surface area contributed by atoms with Gasteiger partial charge >= 0.3 is 0 Å². The van der Waals surface area contributed by atoms with Gasteiger partial charge in [-0.2, -0.15) is 4.31 Å². The van der Waals surface area contributed by atoms with Gasteiger partial charge in [-0.05, 0) is 13.8 Å². The predicted octanol–water partition coefficient (Wildman–Crippen LogP) is 0.0877. The summed E-state index contributed by atoms with van der Waals surface area (Å²) in [6.07, 6.45) is 2.41. The first-order valence-corrected chi connectivity index (χ1v) is 5.85. The van der Waals surface area contributed by atoms with Crippen LogP contribution in [-0.2, 0) is 10.0 Å². The van der Waals surface area contributed by atoms with E-state index in [0.29, 0.717) is 0 Å². The molecule has 1 rings (SSSR count). The summed E-state index contributed by atoms with van der Waals surface area (Å²) in [6.45, 7) is 3.57. The zero-order valence-electron chi connectivity index (χ0n) is 8.88. The Balaban J connectivity index is 3.12. The summed E-state index contributed by atoms with van der Waals surface area (Å²) in [5.41, 5.74) is 5.28. The highest BCUT2D eigenvalue weighted by Gasteiger charge is 2.23. The molecule has 7 heteroatoms.